The highest BCUT2D eigenvalue weighted by atomic mass is 16.4. The molecule has 0 atom stereocenters. The SMILES string of the molecule is O=C(O)c1ccc2c(c1)C(=O)c1c(NC3CCCCC3)ccc(NC3CCCCC3)c1C2=O. The first kappa shape index (κ1) is 21.7. The van der Waals surface area contributed by atoms with Gasteiger partial charge in [0.2, 0.25) is 0 Å². The van der Waals surface area contributed by atoms with Gasteiger partial charge in [-0.15, -0.1) is 0 Å². The van der Waals surface area contributed by atoms with E-state index < -0.39 is 5.97 Å². The van der Waals surface area contributed by atoms with Crippen LogP contribution in [-0.2, 0) is 0 Å². The van der Waals surface area contributed by atoms with Crippen molar-refractivity contribution in [1.29, 1.82) is 0 Å². The Hall–Kier alpha value is -3.15. The summed E-state index contributed by atoms with van der Waals surface area (Å²) in [5.41, 5.74) is 2.64. The fourth-order valence-electron chi connectivity index (χ4n) is 5.58. The molecule has 0 bridgehead atoms. The molecule has 3 aliphatic carbocycles. The van der Waals surface area contributed by atoms with Gasteiger partial charge in [-0.3, -0.25) is 9.59 Å². The lowest BCUT2D eigenvalue weighted by molar-refractivity contribution is 0.0696. The molecule has 33 heavy (non-hydrogen) atoms. The first-order valence-electron chi connectivity index (χ1n) is 12.2. The summed E-state index contributed by atoms with van der Waals surface area (Å²) in [6.45, 7) is 0. The van der Waals surface area contributed by atoms with E-state index in [2.05, 4.69) is 10.6 Å². The minimum atomic E-state index is -1.11. The average Bonchev–Trinajstić information content (AvgIpc) is 2.84. The van der Waals surface area contributed by atoms with Gasteiger partial charge in [0.1, 0.15) is 0 Å². The molecule has 0 aromatic heterocycles. The number of carboxylic acid groups (broad SMARTS) is 1. The summed E-state index contributed by atoms with van der Waals surface area (Å²) in [6.07, 6.45) is 11.3. The van der Waals surface area contributed by atoms with Crippen LogP contribution in [0.5, 0.6) is 0 Å². The Bertz CT molecular complexity index is 1110. The van der Waals surface area contributed by atoms with Crippen LogP contribution in [0.1, 0.15) is 106 Å². The molecule has 0 heterocycles. The normalized spacial score (nSPS) is 19.0. The highest BCUT2D eigenvalue weighted by molar-refractivity contribution is 6.32. The largest absolute Gasteiger partial charge is 0.478 e. The van der Waals surface area contributed by atoms with Crippen LogP contribution in [0, 0.1) is 0 Å². The Kier molecular flexibility index (Phi) is 5.92. The second-order valence-corrected chi connectivity index (χ2v) is 9.59. The predicted octanol–water partition coefficient (Wildman–Crippen LogP) is 5.65. The molecule has 0 saturated heterocycles. The number of carbonyl (C=O) groups excluding carboxylic acids is 2. The van der Waals surface area contributed by atoms with Crippen molar-refractivity contribution in [2.45, 2.75) is 76.3 Å². The summed E-state index contributed by atoms with van der Waals surface area (Å²) < 4.78 is 0. The van der Waals surface area contributed by atoms with Crippen LogP contribution >= 0.6 is 0 Å². The standard InChI is InChI=1S/C27H30N2O4/c30-25-19-12-11-16(27(32)33)15-20(19)26(31)24-22(29-18-9-5-2-6-10-18)14-13-21(23(24)25)28-17-7-3-1-4-8-17/h11-15,17-18,28-29H,1-10H2,(H,32,33). The third-order valence-electron chi connectivity index (χ3n) is 7.34. The van der Waals surface area contributed by atoms with Gasteiger partial charge in [-0.1, -0.05) is 38.5 Å². The third kappa shape index (κ3) is 4.14. The molecule has 2 fully saturated rings. The van der Waals surface area contributed by atoms with Gasteiger partial charge in [-0.2, -0.15) is 0 Å². The van der Waals surface area contributed by atoms with Gasteiger partial charge >= 0.3 is 5.97 Å². The molecule has 172 valence electrons. The second kappa shape index (κ2) is 9.00. The van der Waals surface area contributed by atoms with Crippen LogP contribution in [-0.4, -0.2) is 34.7 Å². The smallest absolute Gasteiger partial charge is 0.335 e. The zero-order valence-corrected chi connectivity index (χ0v) is 18.8. The molecule has 3 aliphatic rings. The van der Waals surface area contributed by atoms with Gasteiger partial charge in [0.05, 0.1) is 16.7 Å². The minimum Gasteiger partial charge on any atom is -0.478 e. The van der Waals surface area contributed by atoms with E-state index in [-0.39, 0.29) is 34.3 Å². The number of rotatable bonds is 5. The highest BCUT2D eigenvalue weighted by Crippen LogP contribution is 2.39. The second-order valence-electron chi connectivity index (χ2n) is 9.59. The number of hydrogen-bond donors (Lipinski definition) is 3. The van der Waals surface area contributed by atoms with E-state index >= 15 is 0 Å². The molecular formula is C27H30N2O4. The lowest BCUT2D eigenvalue weighted by Gasteiger charge is -2.30. The average molecular weight is 447 g/mol. The molecular weight excluding hydrogens is 416 g/mol. The van der Waals surface area contributed by atoms with Crippen LogP contribution in [0.25, 0.3) is 0 Å². The monoisotopic (exact) mass is 446 g/mol. The van der Waals surface area contributed by atoms with Crippen molar-refractivity contribution in [2.24, 2.45) is 0 Å². The fraction of sp³-hybridized carbons (Fsp3) is 0.444. The zero-order chi connectivity index (χ0) is 22.9. The molecule has 0 amide bonds. The third-order valence-corrected chi connectivity index (χ3v) is 7.34. The van der Waals surface area contributed by atoms with Crippen LogP contribution in [0.15, 0.2) is 30.3 Å². The number of anilines is 2. The van der Waals surface area contributed by atoms with Gasteiger partial charge in [0.15, 0.2) is 11.6 Å². The Labute approximate surface area is 193 Å². The first-order valence-corrected chi connectivity index (χ1v) is 12.2. The predicted molar refractivity (Wildman–Crippen MR) is 128 cm³/mol. The summed E-state index contributed by atoms with van der Waals surface area (Å²) in [7, 11) is 0. The first-order chi connectivity index (χ1) is 16.0. The Morgan fingerprint density at radius 1 is 0.697 bits per heavy atom. The molecule has 2 saturated carbocycles. The number of carboxylic acids is 1. The van der Waals surface area contributed by atoms with Crippen molar-refractivity contribution in [3.8, 4) is 0 Å². The maximum atomic E-state index is 13.7. The van der Waals surface area contributed by atoms with Gasteiger partial charge < -0.3 is 15.7 Å². The Balaban J connectivity index is 1.59. The molecule has 3 N–H and O–H groups in total. The number of benzene rings is 2. The molecule has 0 spiro atoms. The number of carbonyl (C=O) groups is 3. The lowest BCUT2D eigenvalue weighted by atomic mass is 9.81. The topological polar surface area (TPSA) is 95.5 Å². The summed E-state index contributed by atoms with van der Waals surface area (Å²) in [6, 6.07) is 8.62. The Morgan fingerprint density at radius 2 is 1.18 bits per heavy atom. The number of hydrogen-bond acceptors (Lipinski definition) is 5. The van der Waals surface area contributed by atoms with E-state index in [0.717, 1.165) is 51.4 Å². The number of ketones is 2. The van der Waals surface area contributed by atoms with E-state index in [0.29, 0.717) is 28.5 Å². The van der Waals surface area contributed by atoms with Gasteiger partial charge in [0, 0.05) is 34.6 Å². The summed E-state index contributed by atoms with van der Waals surface area (Å²) >= 11 is 0. The van der Waals surface area contributed by atoms with Gasteiger partial charge in [0.25, 0.3) is 0 Å². The van der Waals surface area contributed by atoms with Crippen LogP contribution in [0.2, 0.25) is 0 Å². The maximum absolute atomic E-state index is 13.7. The molecule has 5 rings (SSSR count). The van der Waals surface area contributed by atoms with Crippen molar-refractivity contribution >= 4 is 28.9 Å². The minimum absolute atomic E-state index is 0.0108. The van der Waals surface area contributed by atoms with Crippen LogP contribution in [0.4, 0.5) is 11.4 Å². The molecule has 6 heteroatoms. The van der Waals surface area contributed by atoms with E-state index in [1.807, 2.05) is 12.1 Å². The summed E-state index contributed by atoms with van der Waals surface area (Å²) in [5, 5.41) is 16.5. The van der Waals surface area contributed by atoms with Crippen molar-refractivity contribution in [3.63, 3.8) is 0 Å². The fourth-order valence-corrected chi connectivity index (χ4v) is 5.58. The molecule has 0 radical (unpaired) electrons. The van der Waals surface area contributed by atoms with Crippen molar-refractivity contribution in [3.05, 3.63) is 58.1 Å². The van der Waals surface area contributed by atoms with E-state index in [4.69, 9.17) is 0 Å². The number of aromatic carboxylic acids is 1. The van der Waals surface area contributed by atoms with Crippen LogP contribution in [0.3, 0.4) is 0 Å². The van der Waals surface area contributed by atoms with Crippen molar-refractivity contribution in [1.82, 2.24) is 0 Å². The lowest BCUT2D eigenvalue weighted by Crippen LogP contribution is -2.29. The molecule has 2 aromatic rings. The zero-order valence-electron chi connectivity index (χ0n) is 18.8. The molecule has 2 aromatic carbocycles. The van der Waals surface area contributed by atoms with E-state index in [9.17, 15) is 19.5 Å². The maximum Gasteiger partial charge on any atom is 0.335 e. The summed E-state index contributed by atoms with van der Waals surface area (Å²) in [4.78, 5) is 38.9. The highest BCUT2D eigenvalue weighted by Gasteiger charge is 2.35. The van der Waals surface area contributed by atoms with Gasteiger partial charge in [-0.25, -0.2) is 4.79 Å². The quantitative estimate of drug-likeness (QED) is 0.469. The van der Waals surface area contributed by atoms with Crippen molar-refractivity contribution in [2.75, 3.05) is 10.6 Å². The van der Waals surface area contributed by atoms with Crippen molar-refractivity contribution < 1.29 is 19.5 Å². The van der Waals surface area contributed by atoms with E-state index in [1.165, 1.54) is 31.0 Å². The summed E-state index contributed by atoms with van der Waals surface area (Å²) in [5.74, 6) is -1.62. The number of fused-ring (bicyclic) bond motifs is 2. The van der Waals surface area contributed by atoms with Crippen LogP contribution < -0.4 is 10.6 Å². The molecule has 6 nitrogen and oxygen atoms in total. The van der Waals surface area contributed by atoms with Gasteiger partial charge in [-0.05, 0) is 56.0 Å². The molecule has 0 unspecified atom stereocenters. The van der Waals surface area contributed by atoms with E-state index in [1.54, 1.807) is 0 Å². The Morgan fingerprint density at radius 3 is 1.67 bits per heavy atom. The molecule has 0 aliphatic heterocycles. The number of nitrogens with one attached hydrogen (secondary N) is 2.